The number of allylic oxidation sites excluding steroid dienone is 1. The van der Waals surface area contributed by atoms with Crippen molar-refractivity contribution in [3.63, 3.8) is 0 Å². The van der Waals surface area contributed by atoms with Crippen LogP contribution in [0.2, 0.25) is 0 Å². The number of halogens is 1. The van der Waals surface area contributed by atoms with E-state index in [4.69, 9.17) is 10.7 Å². The Bertz CT molecular complexity index is 923. The van der Waals surface area contributed by atoms with E-state index in [9.17, 15) is 4.39 Å². The summed E-state index contributed by atoms with van der Waals surface area (Å²) in [5, 5.41) is 0. The lowest BCUT2D eigenvalue weighted by atomic mass is 10.1. The van der Waals surface area contributed by atoms with Gasteiger partial charge in [-0.15, -0.1) is 0 Å². The van der Waals surface area contributed by atoms with Crippen LogP contribution in [0.5, 0.6) is 0 Å². The van der Waals surface area contributed by atoms with Gasteiger partial charge >= 0.3 is 0 Å². The highest BCUT2D eigenvalue weighted by molar-refractivity contribution is 5.99. The predicted molar refractivity (Wildman–Crippen MR) is 126 cm³/mol. The van der Waals surface area contributed by atoms with E-state index in [1.54, 1.807) is 24.5 Å². The third kappa shape index (κ3) is 6.10. The van der Waals surface area contributed by atoms with E-state index in [0.29, 0.717) is 5.92 Å². The molecule has 0 bridgehead atoms. The predicted octanol–water partition coefficient (Wildman–Crippen LogP) is 3.75. The van der Waals surface area contributed by atoms with E-state index in [1.807, 2.05) is 6.92 Å². The van der Waals surface area contributed by atoms with Crippen LogP contribution in [-0.4, -0.2) is 59.8 Å². The molecule has 1 aliphatic heterocycles. The summed E-state index contributed by atoms with van der Waals surface area (Å²) >= 11 is 0. The minimum atomic E-state index is -0.255. The van der Waals surface area contributed by atoms with Crippen molar-refractivity contribution in [2.24, 2.45) is 16.6 Å². The van der Waals surface area contributed by atoms with Crippen molar-refractivity contribution in [2.45, 2.75) is 27.7 Å². The molecule has 1 aromatic heterocycles. The molecule has 1 aromatic carbocycles. The molecule has 0 radical (unpaired) electrons. The number of aromatic nitrogens is 2. The van der Waals surface area contributed by atoms with Crippen molar-refractivity contribution in [1.82, 2.24) is 14.9 Å². The summed E-state index contributed by atoms with van der Waals surface area (Å²) in [4.78, 5) is 18.5. The summed E-state index contributed by atoms with van der Waals surface area (Å²) < 4.78 is 13.3. The van der Waals surface area contributed by atoms with Crippen molar-refractivity contribution < 1.29 is 4.39 Å². The zero-order valence-electron chi connectivity index (χ0n) is 19.0. The molecule has 2 N–H and O–H groups in total. The summed E-state index contributed by atoms with van der Waals surface area (Å²) in [5.41, 5.74) is 10.8. The average Bonchev–Trinajstić information content (AvgIpc) is 2.76. The molecule has 166 valence electrons. The summed E-state index contributed by atoms with van der Waals surface area (Å²) in [6.45, 7) is 13.4. The SMILES string of the molecule is CC(=NCC(C)C)/C(CN1CCN(c2nccnc2-c2ccc(F)cc2)CC1)=C(/C)N. The first-order chi connectivity index (χ1) is 14.8. The number of hydrogen-bond acceptors (Lipinski definition) is 6. The van der Waals surface area contributed by atoms with Crippen LogP contribution in [0.1, 0.15) is 27.7 Å². The number of benzene rings is 1. The normalized spacial score (nSPS) is 16.6. The first kappa shape index (κ1) is 22.9. The van der Waals surface area contributed by atoms with Crippen LogP contribution < -0.4 is 10.6 Å². The second-order valence-electron chi connectivity index (χ2n) is 8.48. The molecule has 0 amide bonds. The van der Waals surface area contributed by atoms with Crippen LogP contribution >= 0.6 is 0 Å². The maximum atomic E-state index is 13.3. The number of piperazine rings is 1. The van der Waals surface area contributed by atoms with E-state index in [2.05, 4.69) is 40.5 Å². The number of anilines is 1. The Hall–Kier alpha value is -2.80. The van der Waals surface area contributed by atoms with Crippen molar-refractivity contribution in [1.29, 1.82) is 0 Å². The first-order valence-electron chi connectivity index (χ1n) is 10.9. The molecule has 0 saturated carbocycles. The van der Waals surface area contributed by atoms with Gasteiger partial charge < -0.3 is 10.6 Å². The Morgan fingerprint density at radius 2 is 1.71 bits per heavy atom. The Morgan fingerprint density at radius 1 is 1.06 bits per heavy atom. The van der Waals surface area contributed by atoms with Crippen molar-refractivity contribution in [2.75, 3.05) is 44.2 Å². The Labute approximate surface area is 184 Å². The van der Waals surface area contributed by atoms with Crippen LogP contribution in [0.4, 0.5) is 10.2 Å². The molecule has 0 spiro atoms. The zero-order valence-corrected chi connectivity index (χ0v) is 19.0. The second kappa shape index (κ2) is 10.5. The maximum absolute atomic E-state index is 13.3. The molecule has 1 saturated heterocycles. The quantitative estimate of drug-likeness (QED) is 0.686. The van der Waals surface area contributed by atoms with E-state index < -0.39 is 0 Å². The lowest BCUT2D eigenvalue weighted by Crippen LogP contribution is -2.48. The van der Waals surface area contributed by atoms with E-state index >= 15 is 0 Å². The van der Waals surface area contributed by atoms with E-state index in [1.165, 1.54) is 12.1 Å². The standard InChI is InChI=1S/C24H33FN6/c1-17(2)15-29-19(4)22(18(3)26)16-30-11-13-31(14-12-30)24-23(27-9-10-28-24)20-5-7-21(25)8-6-20/h5-10,17H,11-16,26H2,1-4H3/b22-18-,29-19?. The molecular weight excluding hydrogens is 391 g/mol. The lowest BCUT2D eigenvalue weighted by molar-refractivity contribution is 0.280. The maximum Gasteiger partial charge on any atom is 0.155 e. The number of rotatable bonds is 7. The van der Waals surface area contributed by atoms with E-state index in [-0.39, 0.29) is 5.82 Å². The van der Waals surface area contributed by atoms with Gasteiger partial charge in [0.05, 0.1) is 0 Å². The van der Waals surface area contributed by atoms with Crippen molar-refractivity contribution >= 4 is 11.5 Å². The first-order valence-corrected chi connectivity index (χ1v) is 10.9. The number of aliphatic imine (C=N–C) groups is 1. The number of nitrogens with zero attached hydrogens (tertiary/aromatic N) is 5. The highest BCUT2D eigenvalue weighted by atomic mass is 19.1. The Kier molecular flexibility index (Phi) is 7.74. The highest BCUT2D eigenvalue weighted by Crippen LogP contribution is 2.27. The third-order valence-electron chi connectivity index (χ3n) is 5.46. The average molecular weight is 425 g/mol. The van der Waals surface area contributed by atoms with Gasteiger partial charge in [0.25, 0.3) is 0 Å². The minimum Gasteiger partial charge on any atom is -0.402 e. The van der Waals surface area contributed by atoms with Gasteiger partial charge in [-0.05, 0) is 44.0 Å². The van der Waals surface area contributed by atoms with Crippen molar-refractivity contribution in [3.8, 4) is 11.3 Å². The highest BCUT2D eigenvalue weighted by Gasteiger charge is 2.22. The van der Waals surface area contributed by atoms with Gasteiger partial charge in [-0.25, -0.2) is 9.37 Å². The molecule has 0 unspecified atom stereocenters. The van der Waals surface area contributed by atoms with Gasteiger partial charge in [0.15, 0.2) is 5.82 Å². The molecule has 0 aliphatic carbocycles. The minimum absolute atomic E-state index is 0.255. The summed E-state index contributed by atoms with van der Waals surface area (Å²) in [7, 11) is 0. The largest absolute Gasteiger partial charge is 0.402 e. The number of hydrogen-bond donors (Lipinski definition) is 1. The summed E-state index contributed by atoms with van der Waals surface area (Å²) in [6.07, 6.45) is 3.39. The molecule has 1 aliphatic rings. The fraction of sp³-hybridized carbons (Fsp3) is 0.458. The van der Waals surface area contributed by atoms with Gasteiger partial charge in [0, 0.05) is 74.2 Å². The molecule has 7 heteroatoms. The molecule has 2 heterocycles. The van der Waals surface area contributed by atoms with Crippen LogP contribution in [0.25, 0.3) is 11.3 Å². The van der Waals surface area contributed by atoms with Gasteiger partial charge in [-0.1, -0.05) is 13.8 Å². The van der Waals surface area contributed by atoms with Gasteiger partial charge in [-0.3, -0.25) is 14.9 Å². The topological polar surface area (TPSA) is 70.6 Å². The second-order valence-corrected chi connectivity index (χ2v) is 8.48. The van der Waals surface area contributed by atoms with Crippen LogP contribution in [0.3, 0.4) is 0 Å². The molecular formula is C24H33FN6. The fourth-order valence-corrected chi connectivity index (χ4v) is 3.65. The van der Waals surface area contributed by atoms with Crippen LogP contribution in [-0.2, 0) is 0 Å². The van der Waals surface area contributed by atoms with Crippen molar-refractivity contribution in [3.05, 3.63) is 53.7 Å². The molecule has 3 rings (SSSR count). The Morgan fingerprint density at radius 3 is 2.32 bits per heavy atom. The lowest BCUT2D eigenvalue weighted by Gasteiger charge is -2.36. The third-order valence-corrected chi connectivity index (χ3v) is 5.46. The molecule has 31 heavy (non-hydrogen) atoms. The van der Waals surface area contributed by atoms with Crippen LogP contribution in [0.15, 0.2) is 52.9 Å². The molecule has 2 aromatic rings. The zero-order chi connectivity index (χ0) is 22.4. The smallest absolute Gasteiger partial charge is 0.155 e. The van der Waals surface area contributed by atoms with E-state index in [0.717, 1.165) is 73.3 Å². The molecule has 1 fully saturated rings. The number of nitrogens with two attached hydrogens (primary N) is 1. The van der Waals surface area contributed by atoms with Gasteiger partial charge in [-0.2, -0.15) is 0 Å². The Balaban J connectivity index is 1.68. The fourth-order valence-electron chi connectivity index (χ4n) is 3.65. The molecule has 0 atom stereocenters. The monoisotopic (exact) mass is 424 g/mol. The van der Waals surface area contributed by atoms with Gasteiger partial charge in [0.2, 0.25) is 0 Å². The summed E-state index contributed by atoms with van der Waals surface area (Å²) in [5.74, 6) is 1.11. The van der Waals surface area contributed by atoms with Gasteiger partial charge in [0.1, 0.15) is 11.5 Å². The molecule has 6 nitrogen and oxygen atoms in total. The summed E-state index contributed by atoms with van der Waals surface area (Å²) in [6, 6.07) is 6.41. The van der Waals surface area contributed by atoms with Crippen LogP contribution in [0, 0.1) is 11.7 Å².